The van der Waals surface area contributed by atoms with Gasteiger partial charge < -0.3 is 5.32 Å². The van der Waals surface area contributed by atoms with Gasteiger partial charge in [0.25, 0.3) is 5.56 Å². The molecule has 0 radical (unpaired) electrons. The first-order valence-corrected chi connectivity index (χ1v) is 7.46. The highest BCUT2D eigenvalue weighted by molar-refractivity contribution is 6.33. The van der Waals surface area contributed by atoms with Crippen LogP contribution in [-0.2, 0) is 6.54 Å². The molecule has 6 heteroatoms. The Balaban J connectivity index is 1.85. The molecule has 1 aliphatic carbocycles. The fraction of sp³-hybridized carbons (Fsp3) is 0.400. The SMILES string of the molecule is CC(Nc1c(Cl)cnn(CC2CC2)c1=O)c1ccccn1. The van der Waals surface area contributed by atoms with Gasteiger partial charge in [0.05, 0.1) is 23.0 Å². The van der Waals surface area contributed by atoms with Crippen molar-refractivity contribution >= 4 is 17.3 Å². The Morgan fingerprint density at radius 1 is 1.48 bits per heavy atom. The van der Waals surface area contributed by atoms with E-state index in [-0.39, 0.29) is 11.6 Å². The summed E-state index contributed by atoms with van der Waals surface area (Å²) in [5.74, 6) is 0.581. The van der Waals surface area contributed by atoms with Crippen LogP contribution >= 0.6 is 11.6 Å². The fourth-order valence-electron chi connectivity index (χ4n) is 2.20. The van der Waals surface area contributed by atoms with Crippen LogP contribution in [0.5, 0.6) is 0 Å². The number of pyridine rings is 1. The van der Waals surface area contributed by atoms with Crippen LogP contribution in [0.3, 0.4) is 0 Å². The molecule has 1 unspecified atom stereocenters. The van der Waals surface area contributed by atoms with Gasteiger partial charge in [0.15, 0.2) is 0 Å². The van der Waals surface area contributed by atoms with Crippen molar-refractivity contribution in [1.29, 1.82) is 0 Å². The van der Waals surface area contributed by atoms with Crippen LogP contribution in [0, 0.1) is 5.92 Å². The molecule has 0 amide bonds. The van der Waals surface area contributed by atoms with Crippen LogP contribution < -0.4 is 10.9 Å². The van der Waals surface area contributed by atoms with Gasteiger partial charge in [-0.2, -0.15) is 5.10 Å². The summed E-state index contributed by atoms with van der Waals surface area (Å²) in [5, 5.41) is 7.62. The average molecular weight is 305 g/mol. The standard InChI is InChI=1S/C15H17ClN4O/c1-10(13-4-2-3-7-17-13)19-14-12(16)8-18-20(15(14)21)9-11-5-6-11/h2-4,7-8,10-11,19H,5-6,9H2,1H3. The normalized spacial score (nSPS) is 15.7. The fourth-order valence-corrected chi connectivity index (χ4v) is 2.38. The third kappa shape index (κ3) is 3.24. The predicted octanol–water partition coefficient (Wildman–Crippen LogP) is 2.87. The molecule has 1 N–H and O–H groups in total. The molecule has 0 spiro atoms. The highest BCUT2D eigenvalue weighted by Crippen LogP contribution is 2.30. The van der Waals surface area contributed by atoms with Crippen molar-refractivity contribution in [3.8, 4) is 0 Å². The zero-order valence-electron chi connectivity index (χ0n) is 11.8. The number of aromatic nitrogens is 3. The number of anilines is 1. The Morgan fingerprint density at radius 2 is 2.29 bits per heavy atom. The first kappa shape index (κ1) is 14.1. The van der Waals surface area contributed by atoms with Gasteiger partial charge in [0, 0.05) is 12.7 Å². The van der Waals surface area contributed by atoms with Gasteiger partial charge in [-0.3, -0.25) is 9.78 Å². The van der Waals surface area contributed by atoms with E-state index in [9.17, 15) is 4.79 Å². The van der Waals surface area contributed by atoms with E-state index < -0.39 is 0 Å². The lowest BCUT2D eigenvalue weighted by Gasteiger charge is -2.16. The second-order valence-corrected chi connectivity index (χ2v) is 5.83. The Labute approximate surface area is 128 Å². The molecule has 5 nitrogen and oxygen atoms in total. The van der Waals surface area contributed by atoms with Crippen LogP contribution in [0.4, 0.5) is 5.69 Å². The van der Waals surface area contributed by atoms with E-state index in [1.54, 1.807) is 6.20 Å². The van der Waals surface area contributed by atoms with E-state index in [1.807, 2.05) is 25.1 Å². The Kier molecular flexibility index (Phi) is 3.92. The molecule has 1 atom stereocenters. The molecule has 2 heterocycles. The molecule has 3 rings (SSSR count). The van der Waals surface area contributed by atoms with E-state index >= 15 is 0 Å². The zero-order valence-corrected chi connectivity index (χ0v) is 12.5. The number of nitrogens with one attached hydrogen (secondary N) is 1. The van der Waals surface area contributed by atoms with Crippen molar-refractivity contribution in [2.75, 3.05) is 5.32 Å². The van der Waals surface area contributed by atoms with Crippen molar-refractivity contribution in [2.24, 2.45) is 5.92 Å². The summed E-state index contributed by atoms with van der Waals surface area (Å²) in [6, 6.07) is 5.58. The van der Waals surface area contributed by atoms with Crippen molar-refractivity contribution in [1.82, 2.24) is 14.8 Å². The van der Waals surface area contributed by atoms with Gasteiger partial charge in [0.2, 0.25) is 0 Å². The summed E-state index contributed by atoms with van der Waals surface area (Å²) >= 11 is 6.13. The Hall–Kier alpha value is -1.88. The highest BCUT2D eigenvalue weighted by atomic mass is 35.5. The van der Waals surface area contributed by atoms with Crippen LogP contribution in [0.2, 0.25) is 5.02 Å². The minimum Gasteiger partial charge on any atom is -0.371 e. The number of rotatable bonds is 5. The van der Waals surface area contributed by atoms with Crippen LogP contribution in [-0.4, -0.2) is 14.8 Å². The topological polar surface area (TPSA) is 59.8 Å². The summed E-state index contributed by atoms with van der Waals surface area (Å²) in [4.78, 5) is 16.7. The lowest BCUT2D eigenvalue weighted by atomic mass is 10.2. The molecule has 0 bridgehead atoms. The third-order valence-electron chi connectivity index (χ3n) is 3.62. The summed E-state index contributed by atoms with van der Waals surface area (Å²) in [6.07, 6.45) is 5.60. The van der Waals surface area contributed by atoms with Crippen molar-refractivity contribution in [2.45, 2.75) is 32.4 Å². The van der Waals surface area contributed by atoms with Crippen LogP contribution in [0.25, 0.3) is 0 Å². The molecule has 0 saturated heterocycles. The molecule has 0 aromatic carbocycles. The van der Waals surface area contributed by atoms with E-state index in [0.29, 0.717) is 23.2 Å². The van der Waals surface area contributed by atoms with Crippen molar-refractivity contribution < 1.29 is 0 Å². The van der Waals surface area contributed by atoms with Gasteiger partial charge in [0.1, 0.15) is 5.69 Å². The van der Waals surface area contributed by atoms with Crippen molar-refractivity contribution in [3.05, 3.63) is 51.7 Å². The number of hydrogen-bond donors (Lipinski definition) is 1. The second kappa shape index (κ2) is 5.85. The third-order valence-corrected chi connectivity index (χ3v) is 3.90. The number of hydrogen-bond acceptors (Lipinski definition) is 4. The summed E-state index contributed by atoms with van der Waals surface area (Å²) in [6.45, 7) is 2.62. The largest absolute Gasteiger partial charge is 0.371 e. The van der Waals surface area contributed by atoms with Gasteiger partial charge in [-0.25, -0.2) is 4.68 Å². The van der Waals surface area contributed by atoms with Crippen molar-refractivity contribution in [3.63, 3.8) is 0 Å². The molecular formula is C15H17ClN4O. The number of halogens is 1. The zero-order chi connectivity index (χ0) is 14.8. The highest BCUT2D eigenvalue weighted by Gasteiger charge is 2.24. The van der Waals surface area contributed by atoms with E-state index in [1.165, 1.54) is 23.7 Å². The molecule has 21 heavy (non-hydrogen) atoms. The first-order valence-electron chi connectivity index (χ1n) is 7.08. The quantitative estimate of drug-likeness (QED) is 0.922. The van der Waals surface area contributed by atoms with Gasteiger partial charge in [-0.1, -0.05) is 17.7 Å². The molecule has 2 aromatic heterocycles. The monoisotopic (exact) mass is 304 g/mol. The second-order valence-electron chi connectivity index (χ2n) is 5.42. The molecule has 1 fully saturated rings. The van der Waals surface area contributed by atoms with E-state index in [2.05, 4.69) is 15.4 Å². The van der Waals surface area contributed by atoms with Crippen LogP contribution in [0.15, 0.2) is 35.4 Å². The lowest BCUT2D eigenvalue weighted by Crippen LogP contribution is -2.27. The molecule has 1 saturated carbocycles. The summed E-state index contributed by atoms with van der Waals surface area (Å²) < 4.78 is 1.50. The Morgan fingerprint density at radius 3 is 2.95 bits per heavy atom. The van der Waals surface area contributed by atoms with Crippen LogP contribution in [0.1, 0.15) is 31.5 Å². The maximum atomic E-state index is 12.5. The molecular weight excluding hydrogens is 288 g/mol. The van der Waals surface area contributed by atoms with E-state index in [0.717, 1.165) is 5.69 Å². The number of nitrogens with zero attached hydrogens (tertiary/aromatic N) is 3. The average Bonchev–Trinajstić information content (AvgIpc) is 3.31. The molecule has 1 aliphatic rings. The van der Waals surface area contributed by atoms with Gasteiger partial charge in [-0.15, -0.1) is 0 Å². The summed E-state index contributed by atoms with van der Waals surface area (Å²) in [5.41, 5.74) is 1.08. The molecule has 2 aromatic rings. The van der Waals surface area contributed by atoms with E-state index in [4.69, 9.17) is 11.6 Å². The predicted molar refractivity (Wildman–Crippen MR) is 82.5 cm³/mol. The lowest BCUT2D eigenvalue weighted by molar-refractivity contribution is 0.534. The minimum atomic E-state index is -0.169. The maximum absolute atomic E-state index is 12.5. The first-order chi connectivity index (χ1) is 10.1. The van der Waals surface area contributed by atoms with Gasteiger partial charge in [-0.05, 0) is 37.8 Å². The van der Waals surface area contributed by atoms with Gasteiger partial charge >= 0.3 is 0 Å². The molecule has 0 aliphatic heterocycles. The summed E-state index contributed by atoms with van der Waals surface area (Å²) in [7, 11) is 0. The smallest absolute Gasteiger partial charge is 0.291 e. The maximum Gasteiger partial charge on any atom is 0.291 e. The molecule has 110 valence electrons. The minimum absolute atomic E-state index is 0.104. The Bertz CT molecular complexity index is 682.